The average molecular weight is 298 g/mol. The Balaban J connectivity index is 2.00. The first-order valence-electron chi connectivity index (χ1n) is 6.72. The van der Waals surface area contributed by atoms with Gasteiger partial charge in [-0.1, -0.05) is 17.7 Å². The minimum atomic E-state index is -0.536. The lowest BCUT2D eigenvalue weighted by molar-refractivity contribution is -0.143. The number of carbonyl (C=O) groups excluding carboxylic acids is 1. The van der Waals surface area contributed by atoms with Gasteiger partial charge in [0.1, 0.15) is 5.75 Å². The van der Waals surface area contributed by atoms with Crippen molar-refractivity contribution in [1.29, 1.82) is 0 Å². The zero-order chi connectivity index (χ0) is 14.8. The maximum Gasteiger partial charge on any atom is 0.347 e. The van der Waals surface area contributed by atoms with E-state index in [0.29, 0.717) is 23.8 Å². The summed E-state index contributed by atoms with van der Waals surface area (Å²) in [6, 6.07) is 5.60. The third-order valence-corrected chi connectivity index (χ3v) is 3.27. The fraction of sp³-hybridized carbons (Fsp3) is 0.533. The van der Waals surface area contributed by atoms with Crippen molar-refractivity contribution in [3.05, 3.63) is 28.8 Å². The summed E-state index contributed by atoms with van der Waals surface area (Å²) in [6.07, 6.45) is 0.0359. The van der Waals surface area contributed by atoms with E-state index in [9.17, 15) is 4.79 Å². The first-order valence-corrected chi connectivity index (χ1v) is 7.10. The molecule has 0 aromatic heterocycles. The molecule has 1 atom stereocenters. The molecule has 1 fully saturated rings. The normalized spacial score (nSPS) is 19.0. The largest absolute Gasteiger partial charge is 0.477 e. The topological polar surface area (TPSA) is 47.6 Å². The van der Waals surface area contributed by atoms with Crippen molar-refractivity contribution >= 4 is 17.6 Å². The smallest absolute Gasteiger partial charge is 0.347 e. The second-order valence-electron chi connectivity index (χ2n) is 5.93. The molecule has 1 aliphatic rings. The highest BCUT2D eigenvalue weighted by atomic mass is 35.5. The van der Waals surface area contributed by atoms with Crippen LogP contribution in [0.25, 0.3) is 0 Å². The number of rotatable bonds is 4. The molecule has 20 heavy (non-hydrogen) atoms. The molecule has 1 saturated heterocycles. The van der Waals surface area contributed by atoms with E-state index < -0.39 is 6.10 Å². The molecule has 0 aliphatic carbocycles. The van der Waals surface area contributed by atoms with Crippen molar-refractivity contribution in [2.24, 2.45) is 0 Å². The van der Waals surface area contributed by atoms with Crippen LogP contribution in [0.2, 0.25) is 5.02 Å². The van der Waals surface area contributed by atoms with Gasteiger partial charge in [0.25, 0.3) is 0 Å². The summed E-state index contributed by atoms with van der Waals surface area (Å²) in [4.78, 5) is 11.4. The monoisotopic (exact) mass is 297 g/mol. The lowest BCUT2D eigenvalue weighted by Gasteiger charge is -2.21. The Morgan fingerprint density at radius 2 is 2.20 bits per heavy atom. The predicted molar refractivity (Wildman–Crippen MR) is 78.0 cm³/mol. The van der Waals surface area contributed by atoms with Crippen molar-refractivity contribution < 1.29 is 14.3 Å². The van der Waals surface area contributed by atoms with E-state index in [1.54, 1.807) is 6.07 Å². The van der Waals surface area contributed by atoms with E-state index in [4.69, 9.17) is 21.1 Å². The maximum absolute atomic E-state index is 11.4. The van der Waals surface area contributed by atoms with Gasteiger partial charge in [0, 0.05) is 18.5 Å². The van der Waals surface area contributed by atoms with Gasteiger partial charge in [0.2, 0.25) is 0 Å². The Hall–Kier alpha value is -1.26. The molecule has 0 spiro atoms. The van der Waals surface area contributed by atoms with Gasteiger partial charge in [-0.05, 0) is 38.5 Å². The molecule has 1 N–H and O–H groups in total. The van der Waals surface area contributed by atoms with Crippen LogP contribution in [0, 0.1) is 0 Å². The summed E-state index contributed by atoms with van der Waals surface area (Å²) in [7, 11) is 0. The highest BCUT2D eigenvalue weighted by Crippen LogP contribution is 2.28. The quantitative estimate of drug-likeness (QED) is 0.868. The van der Waals surface area contributed by atoms with E-state index in [2.05, 4.69) is 26.1 Å². The van der Waals surface area contributed by atoms with Crippen molar-refractivity contribution in [3.63, 3.8) is 0 Å². The van der Waals surface area contributed by atoms with Crippen LogP contribution >= 0.6 is 11.6 Å². The molecular weight excluding hydrogens is 278 g/mol. The standard InChI is InChI=1S/C15H20ClNO3/c1-15(2,3)17-9-10-4-5-12(11(16)8-10)20-13-6-7-19-14(13)18/h4-5,8,13,17H,6-7,9H2,1-3H3. The molecule has 2 rings (SSSR count). The first kappa shape index (κ1) is 15.1. The fourth-order valence-electron chi connectivity index (χ4n) is 1.85. The second-order valence-corrected chi connectivity index (χ2v) is 6.34. The summed E-state index contributed by atoms with van der Waals surface area (Å²) < 4.78 is 10.5. The molecule has 1 aliphatic heterocycles. The van der Waals surface area contributed by atoms with Crippen molar-refractivity contribution in [2.75, 3.05) is 6.61 Å². The fourth-order valence-corrected chi connectivity index (χ4v) is 2.10. The number of esters is 1. The number of cyclic esters (lactones) is 1. The maximum atomic E-state index is 11.4. The Morgan fingerprint density at radius 1 is 1.45 bits per heavy atom. The van der Waals surface area contributed by atoms with Crippen LogP contribution in [0.4, 0.5) is 0 Å². The highest BCUT2D eigenvalue weighted by Gasteiger charge is 2.28. The summed E-state index contributed by atoms with van der Waals surface area (Å²) >= 11 is 6.20. The summed E-state index contributed by atoms with van der Waals surface area (Å²) in [6.45, 7) is 7.47. The Labute approximate surface area is 124 Å². The SMILES string of the molecule is CC(C)(C)NCc1ccc(OC2CCOC2=O)c(Cl)c1. The zero-order valence-electron chi connectivity index (χ0n) is 12.0. The van der Waals surface area contributed by atoms with Crippen LogP contribution in [0.1, 0.15) is 32.8 Å². The third kappa shape index (κ3) is 4.12. The molecule has 0 amide bonds. The Kier molecular flexibility index (Phi) is 4.55. The molecule has 1 aromatic carbocycles. The molecule has 1 aromatic rings. The van der Waals surface area contributed by atoms with Crippen LogP contribution < -0.4 is 10.1 Å². The third-order valence-electron chi connectivity index (χ3n) is 2.98. The molecule has 1 heterocycles. The Bertz CT molecular complexity index is 496. The van der Waals surface area contributed by atoms with Gasteiger partial charge in [-0.3, -0.25) is 0 Å². The van der Waals surface area contributed by atoms with E-state index in [1.165, 1.54) is 0 Å². The number of nitrogens with one attached hydrogen (secondary N) is 1. The highest BCUT2D eigenvalue weighted by molar-refractivity contribution is 6.32. The number of benzene rings is 1. The van der Waals surface area contributed by atoms with Gasteiger partial charge >= 0.3 is 5.97 Å². The minimum Gasteiger partial charge on any atom is -0.477 e. The zero-order valence-corrected chi connectivity index (χ0v) is 12.8. The predicted octanol–water partition coefficient (Wildman–Crippen LogP) is 2.92. The van der Waals surface area contributed by atoms with Crippen LogP contribution in [-0.2, 0) is 16.1 Å². The molecule has 1 unspecified atom stereocenters. The Morgan fingerprint density at radius 3 is 2.75 bits per heavy atom. The van der Waals surface area contributed by atoms with E-state index in [1.807, 2.05) is 12.1 Å². The van der Waals surface area contributed by atoms with Crippen molar-refractivity contribution in [3.8, 4) is 5.75 Å². The van der Waals surface area contributed by atoms with Gasteiger partial charge < -0.3 is 14.8 Å². The first-order chi connectivity index (χ1) is 9.35. The second kappa shape index (κ2) is 6.02. The average Bonchev–Trinajstić information content (AvgIpc) is 2.75. The lowest BCUT2D eigenvalue weighted by atomic mass is 10.1. The molecular formula is C15H20ClNO3. The number of ether oxygens (including phenoxy) is 2. The van der Waals surface area contributed by atoms with Crippen LogP contribution in [0.3, 0.4) is 0 Å². The number of hydrogen-bond acceptors (Lipinski definition) is 4. The lowest BCUT2D eigenvalue weighted by Crippen LogP contribution is -2.35. The number of halogens is 1. The van der Waals surface area contributed by atoms with Gasteiger partial charge in [0.05, 0.1) is 11.6 Å². The molecule has 0 saturated carbocycles. The number of carbonyl (C=O) groups is 1. The van der Waals surface area contributed by atoms with E-state index in [0.717, 1.165) is 12.1 Å². The van der Waals surface area contributed by atoms with E-state index in [-0.39, 0.29) is 11.5 Å². The van der Waals surface area contributed by atoms with Crippen molar-refractivity contribution in [2.45, 2.75) is 45.4 Å². The van der Waals surface area contributed by atoms with Gasteiger partial charge in [-0.2, -0.15) is 0 Å². The van der Waals surface area contributed by atoms with Gasteiger partial charge in [0.15, 0.2) is 6.10 Å². The molecule has 4 nitrogen and oxygen atoms in total. The molecule has 5 heteroatoms. The summed E-state index contributed by atoms with van der Waals surface area (Å²) in [5.41, 5.74) is 1.13. The molecule has 0 radical (unpaired) electrons. The van der Waals surface area contributed by atoms with Crippen LogP contribution in [-0.4, -0.2) is 24.2 Å². The summed E-state index contributed by atoms with van der Waals surface area (Å²) in [5, 5.41) is 3.90. The minimum absolute atomic E-state index is 0.0508. The molecule has 110 valence electrons. The van der Waals surface area contributed by atoms with Crippen LogP contribution in [0.5, 0.6) is 5.75 Å². The van der Waals surface area contributed by atoms with Gasteiger partial charge in [-0.15, -0.1) is 0 Å². The van der Waals surface area contributed by atoms with E-state index >= 15 is 0 Å². The number of hydrogen-bond donors (Lipinski definition) is 1. The van der Waals surface area contributed by atoms with Gasteiger partial charge in [-0.25, -0.2) is 4.79 Å². The van der Waals surface area contributed by atoms with Crippen LogP contribution in [0.15, 0.2) is 18.2 Å². The van der Waals surface area contributed by atoms with Crippen molar-refractivity contribution in [1.82, 2.24) is 5.32 Å². The molecule has 0 bridgehead atoms. The summed E-state index contributed by atoms with van der Waals surface area (Å²) in [5.74, 6) is 0.203.